The minimum atomic E-state index is -1.10. The van der Waals surface area contributed by atoms with Crippen LogP contribution >= 0.6 is 15.9 Å². The van der Waals surface area contributed by atoms with Crippen LogP contribution in [0.2, 0.25) is 0 Å². The van der Waals surface area contributed by atoms with Crippen molar-refractivity contribution >= 4 is 21.9 Å². The molecule has 92 valence electrons. The molecule has 4 N–H and O–H groups in total. The molecule has 1 unspecified atom stereocenters. The van der Waals surface area contributed by atoms with Crippen molar-refractivity contribution < 1.29 is 24.5 Å². The molecule has 7 heteroatoms. The number of hydrogen-bond acceptors (Lipinski definition) is 5. The number of carboxylic acid groups (broad SMARTS) is 1. The molecule has 17 heavy (non-hydrogen) atoms. The highest BCUT2D eigenvalue weighted by atomic mass is 79.9. The maximum atomic E-state index is 11.0. The molecule has 0 saturated carbocycles. The number of halogens is 1. The second-order valence-electron chi connectivity index (χ2n) is 3.49. The van der Waals surface area contributed by atoms with E-state index in [2.05, 4.69) is 15.9 Å². The Hall–Kier alpha value is -1.47. The summed E-state index contributed by atoms with van der Waals surface area (Å²) in [5, 5.41) is 18.9. The summed E-state index contributed by atoms with van der Waals surface area (Å²) in [7, 11) is 0. The summed E-state index contributed by atoms with van der Waals surface area (Å²) in [6.07, 6.45) is 0. The third-order valence-electron chi connectivity index (χ3n) is 2.52. The van der Waals surface area contributed by atoms with Gasteiger partial charge in [-0.05, 0) is 22.0 Å². The van der Waals surface area contributed by atoms with Gasteiger partial charge >= 0.3 is 5.97 Å². The van der Waals surface area contributed by atoms with Gasteiger partial charge in [0, 0.05) is 12.1 Å². The molecule has 0 bridgehead atoms. The van der Waals surface area contributed by atoms with Crippen molar-refractivity contribution in [3.8, 4) is 17.2 Å². The van der Waals surface area contributed by atoms with Gasteiger partial charge in [-0.1, -0.05) is 0 Å². The maximum Gasteiger partial charge on any atom is 0.312 e. The molecule has 1 aliphatic heterocycles. The third-order valence-corrected chi connectivity index (χ3v) is 3.25. The summed E-state index contributed by atoms with van der Waals surface area (Å²) in [4.78, 5) is 11.0. The SMILES string of the molecule is NCC(C(=O)O)c1cc2c(c(Br)c1O)OCO2. The van der Waals surface area contributed by atoms with Crippen molar-refractivity contribution in [1.82, 2.24) is 0 Å². The standard InChI is InChI=1S/C10H10BrNO5/c11-7-8(13)4(5(2-12)10(14)15)1-6-9(7)17-3-16-6/h1,5,13H,2-3,12H2,(H,14,15). The molecule has 0 radical (unpaired) electrons. The highest BCUT2D eigenvalue weighted by molar-refractivity contribution is 9.10. The molecule has 0 amide bonds. The second-order valence-corrected chi connectivity index (χ2v) is 4.28. The summed E-state index contributed by atoms with van der Waals surface area (Å²) in [5.74, 6) is -1.52. The van der Waals surface area contributed by atoms with Crippen LogP contribution in [0.1, 0.15) is 11.5 Å². The fourth-order valence-electron chi connectivity index (χ4n) is 1.64. The maximum absolute atomic E-state index is 11.0. The molecule has 2 rings (SSSR count). The zero-order valence-electron chi connectivity index (χ0n) is 8.64. The van der Waals surface area contributed by atoms with E-state index >= 15 is 0 Å². The predicted octanol–water partition coefficient (Wildman–Crippen LogP) is 1.01. The fraction of sp³-hybridized carbons (Fsp3) is 0.300. The van der Waals surface area contributed by atoms with E-state index in [1.54, 1.807) is 0 Å². The number of nitrogens with two attached hydrogens (primary N) is 1. The number of carboxylic acids is 1. The third kappa shape index (κ3) is 1.91. The van der Waals surface area contributed by atoms with Crippen LogP contribution in [0, 0.1) is 0 Å². The lowest BCUT2D eigenvalue weighted by atomic mass is 9.98. The Morgan fingerprint density at radius 3 is 2.88 bits per heavy atom. The van der Waals surface area contributed by atoms with Crippen LogP contribution in [0.4, 0.5) is 0 Å². The Bertz CT molecular complexity index is 476. The molecular formula is C10H10BrNO5. The van der Waals surface area contributed by atoms with E-state index in [4.69, 9.17) is 20.3 Å². The fourth-order valence-corrected chi connectivity index (χ4v) is 2.18. The number of benzene rings is 1. The highest BCUT2D eigenvalue weighted by Crippen LogP contribution is 2.47. The Labute approximate surface area is 105 Å². The van der Waals surface area contributed by atoms with Gasteiger partial charge in [0.25, 0.3) is 0 Å². The zero-order valence-corrected chi connectivity index (χ0v) is 10.2. The summed E-state index contributed by atoms with van der Waals surface area (Å²) in [6, 6.07) is 1.44. The van der Waals surface area contributed by atoms with Crippen LogP contribution in [-0.2, 0) is 4.79 Å². The Balaban J connectivity index is 2.55. The first-order valence-corrected chi connectivity index (χ1v) is 5.59. The number of ether oxygens (including phenoxy) is 2. The van der Waals surface area contributed by atoms with Gasteiger partial charge in [-0.2, -0.15) is 0 Å². The Morgan fingerprint density at radius 2 is 2.29 bits per heavy atom. The van der Waals surface area contributed by atoms with Crippen LogP contribution in [0.15, 0.2) is 10.5 Å². The number of aromatic hydroxyl groups is 1. The lowest BCUT2D eigenvalue weighted by Gasteiger charge is -2.14. The quantitative estimate of drug-likeness (QED) is 0.770. The molecule has 1 atom stereocenters. The summed E-state index contributed by atoms with van der Waals surface area (Å²) in [5.41, 5.74) is 5.60. The minimum absolute atomic E-state index is 0.0389. The van der Waals surface area contributed by atoms with Crippen LogP contribution in [0.25, 0.3) is 0 Å². The van der Waals surface area contributed by atoms with Crippen molar-refractivity contribution in [2.24, 2.45) is 5.73 Å². The Kier molecular flexibility index (Phi) is 3.12. The van der Waals surface area contributed by atoms with E-state index in [-0.39, 0.29) is 29.1 Å². The summed E-state index contributed by atoms with van der Waals surface area (Å²) < 4.78 is 10.6. The van der Waals surface area contributed by atoms with Crippen LogP contribution in [0.5, 0.6) is 17.2 Å². The summed E-state index contributed by atoms with van der Waals surface area (Å²) >= 11 is 3.14. The summed E-state index contributed by atoms with van der Waals surface area (Å²) in [6.45, 7) is -0.0772. The lowest BCUT2D eigenvalue weighted by molar-refractivity contribution is -0.138. The van der Waals surface area contributed by atoms with Gasteiger partial charge < -0.3 is 25.4 Å². The number of hydrogen-bond donors (Lipinski definition) is 3. The van der Waals surface area contributed by atoms with Gasteiger partial charge in [-0.3, -0.25) is 4.79 Å². The molecule has 0 aromatic heterocycles. The first-order valence-electron chi connectivity index (χ1n) is 4.80. The predicted molar refractivity (Wildman–Crippen MR) is 61.4 cm³/mol. The zero-order chi connectivity index (χ0) is 12.6. The molecule has 1 aliphatic rings. The van der Waals surface area contributed by atoms with Crippen LogP contribution in [0.3, 0.4) is 0 Å². The largest absolute Gasteiger partial charge is 0.506 e. The van der Waals surface area contributed by atoms with E-state index in [0.29, 0.717) is 11.5 Å². The number of phenols is 1. The van der Waals surface area contributed by atoms with Crippen molar-refractivity contribution in [1.29, 1.82) is 0 Å². The first kappa shape index (κ1) is 12.0. The number of aliphatic carboxylic acids is 1. The first-order chi connectivity index (χ1) is 8.06. The molecule has 0 saturated heterocycles. The average molecular weight is 304 g/mol. The molecule has 1 heterocycles. The number of rotatable bonds is 3. The molecule has 0 fully saturated rings. The number of fused-ring (bicyclic) bond motifs is 1. The van der Waals surface area contributed by atoms with Crippen molar-refractivity contribution in [3.63, 3.8) is 0 Å². The van der Waals surface area contributed by atoms with Crippen molar-refractivity contribution in [2.45, 2.75) is 5.92 Å². The smallest absolute Gasteiger partial charge is 0.312 e. The second kappa shape index (κ2) is 4.42. The van der Waals surface area contributed by atoms with Crippen molar-refractivity contribution in [3.05, 3.63) is 16.1 Å². The number of carbonyl (C=O) groups is 1. The molecule has 0 spiro atoms. The van der Waals surface area contributed by atoms with E-state index in [1.165, 1.54) is 6.07 Å². The van der Waals surface area contributed by atoms with E-state index < -0.39 is 11.9 Å². The van der Waals surface area contributed by atoms with E-state index in [0.717, 1.165) is 0 Å². The van der Waals surface area contributed by atoms with E-state index in [1.807, 2.05) is 0 Å². The molecule has 1 aromatic rings. The average Bonchev–Trinajstić information content (AvgIpc) is 2.73. The molecule has 0 aliphatic carbocycles. The topological polar surface area (TPSA) is 102 Å². The van der Waals surface area contributed by atoms with Crippen molar-refractivity contribution in [2.75, 3.05) is 13.3 Å². The molecule has 6 nitrogen and oxygen atoms in total. The molecular weight excluding hydrogens is 294 g/mol. The highest BCUT2D eigenvalue weighted by Gasteiger charge is 2.29. The van der Waals surface area contributed by atoms with Gasteiger partial charge in [0.15, 0.2) is 11.5 Å². The van der Waals surface area contributed by atoms with Gasteiger partial charge in [0.2, 0.25) is 6.79 Å². The lowest BCUT2D eigenvalue weighted by Crippen LogP contribution is -2.21. The van der Waals surface area contributed by atoms with Gasteiger partial charge in [-0.25, -0.2) is 0 Å². The Morgan fingerprint density at radius 1 is 1.59 bits per heavy atom. The monoisotopic (exact) mass is 303 g/mol. The van der Waals surface area contributed by atoms with Gasteiger partial charge in [-0.15, -0.1) is 0 Å². The van der Waals surface area contributed by atoms with Crippen LogP contribution < -0.4 is 15.2 Å². The minimum Gasteiger partial charge on any atom is -0.506 e. The number of phenolic OH excluding ortho intramolecular Hbond substituents is 1. The molecule has 1 aromatic carbocycles. The van der Waals surface area contributed by atoms with E-state index in [9.17, 15) is 9.90 Å². The van der Waals surface area contributed by atoms with Gasteiger partial charge in [0.05, 0.1) is 5.92 Å². The normalized spacial score (nSPS) is 14.7. The van der Waals surface area contributed by atoms with Gasteiger partial charge in [0.1, 0.15) is 10.2 Å². The van der Waals surface area contributed by atoms with Crippen LogP contribution in [-0.4, -0.2) is 29.5 Å².